The zero-order chi connectivity index (χ0) is 33.4. The van der Waals surface area contributed by atoms with Gasteiger partial charge in [-0.05, 0) is 81.6 Å². The van der Waals surface area contributed by atoms with Crippen LogP contribution >= 0.6 is 67.8 Å². The molecule has 1 aromatic rings. The van der Waals surface area contributed by atoms with Crippen LogP contribution in [0.2, 0.25) is 0 Å². The minimum absolute atomic E-state index is 0.0449. The van der Waals surface area contributed by atoms with Crippen molar-refractivity contribution in [3.8, 4) is 0 Å². The van der Waals surface area contributed by atoms with Gasteiger partial charge in [0.2, 0.25) is 0 Å². The molecule has 1 aromatic carbocycles. The minimum atomic E-state index is -1.69. The zero-order valence-corrected chi connectivity index (χ0v) is 31.1. The molecule has 244 valence electrons. The number of carbonyl (C=O) groups excluding carboxylic acids is 6. The lowest BCUT2D eigenvalue weighted by molar-refractivity contribution is -0.154. The zero-order valence-electron chi connectivity index (χ0n) is 24.6. The second-order valence-corrected chi connectivity index (χ2v) is 13.2. The highest BCUT2D eigenvalue weighted by Gasteiger charge is 2.39. The Morgan fingerprint density at radius 1 is 0.818 bits per heavy atom. The summed E-state index contributed by atoms with van der Waals surface area (Å²) in [6.07, 6.45) is -0.739. The summed E-state index contributed by atoms with van der Waals surface area (Å²) in [5, 5.41) is 8.09. The van der Waals surface area contributed by atoms with E-state index in [0.717, 1.165) is 20.8 Å². The van der Waals surface area contributed by atoms with Crippen LogP contribution in [0, 0.1) is 10.7 Å². The van der Waals surface area contributed by atoms with Gasteiger partial charge in [-0.1, -0.05) is 0 Å². The molecule has 3 amide bonds. The van der Waals surface area contributed by atoms with Crippen molar-refractivity contribution in [3.05, 3.63) is 21.8 Å². The second kappa shape index (κ2) is 16.5. The highest BCUT2D eigenvalue weighted by Crippen LogP contribution is 2.36. The standard InChI is InChI=1S/C26H32I3N3O12/c1-12(33)39-7-16-19(27)18(21(29)22(20(16)28)31-24(38)30-17-8-43-25(5,6)44-17)23(37)32-26(9-40-13(2)34,10-41-14(3)35)11-42-15(4)36/h17H,7-11H2,1-6H3,(H,32,37)(H2,30,31,38). The van der Waals surface area contributed by atoms with E-state index in [1.165, 1.54) is 6.92 Å². The van der Waals surface area contributed by atoms with Gasteiger partial charge < -0.3 is 44.4 Å². The summed E-state index contributed by atoms with van der Waals surface area (Å²) in [4.78, 5) is 73.7. The third kappa shape index (κ3) is 11.4. The lowest BCUT2D eigenvalue weighted by Gasteiger charge is -2.33. The molecule has 44 heavy (non-hydrogen) atoms. The van der Waals surface area contributed by atoms with E-state index in [2.05, 4.69) is 16.0 Å². The molecule has 1 heterocycles. The van der Waals surface area contributed by atoms with Crippen molar-refractivity contribution < 1.29 is 57.2 Å². The van der Waals surface area contributed by atoms with Gasteiger partial charge in [0.1, 0.15) is 32.0 Å². The topological polar surface area (TPSA) is 194 Å². The monoisotopic (exact) mass is 959 g/mol. The van der Waals surface area contributed by atoms with Crippen LogP contribution in [-0.4, -0.2) is 79.8 Å². The lowest BCUT2D eigenvalue weighted by Crippen LogP contribution is -2.59. The smallest absolute Gasteiger partial charge is 0.321 e. The summed E-state index contributed by atoms with van der Waals surface area (Å²) < 4.78 is 32.9. The molecule has 1 aliphatic heterocycles. The molecule has 0 spiro atoms. The number of ether oxygens (including phenoxy) is 6. The average molecular weight is 959 g/mol. The fraction of sp³-hybridized carbons (Fsp3) is 0.538. The van der Waals surface area contributed by atoms with Gasteiger partial charge in [0.15, 0.2) is 12.0 Å². The minimum Gasteiger partial charge on any atom is -0.463 e. The van der Waals surface area contributed by atoms with Crippen LogP contribution in [0.4, 0.5) is 10.5 Å². The van der Waals surface area contributed by atoms with E-state index in [-0.39, 0.29) is 24.5 Å². The van der Waals surface area contributed by atoms with Gasteiger partial charge in [-0.3, -0.25) is 24.0 Å². The number of halogens is 3. The molecule has 0 aromatic heterocycles. The van der Waals surface area contributed by atoms with Crippen LogP contribution in [0.25, 0.3) is 0 Å². The largest absolute Gasteiger partial charge is 0.463 e. The van der Waals surface area contributed by atoms with Gasteiger partial charge in [-0.2, -0.15) is 0 Å². The van der Waals surface area contributed by atoms with E-state index >= 15 is 0 Å². The summed E-state index contributed by atoms with van der Waals surface area (Å²) in [5.41, 5.74) is -1.01. The maximum atomic E-state index is 14.0. The summed E-state index contributed by atoms with van der Waals surface area (Å²) in [5.74, 6) is -4.32. The fourth-order valence-electron chi connectivity index (χ4n) is 3.64. The Bertz CT molecular complexity index is 1280. The van der Waals surface area contributed by atoms with Crippen molar-refractivity contribution in [1.82, 2.24) is 10.6 Å². The first-order valence-electron chi connectivity index (χ1n) is 12.8. The van der Waals surface area contributed by atoms with E-state index in [4.69, 9.17) is 28.4 Å². The summed E-state index contributed by atoms with van der Waals surface area (Å²) in [6, 6.07) is -0.660. The van der Waals surface area contributed by atoms with Crippen molar-refractivity contribution in [2.45, 2.75) is 65.7 Å². The molecule has 15 nitrogen and oxygen atoms in total. The van der Waals surface area contributed by atoms with Crippen LogP contribution in [0.1, 0.15) is 57.5 Å². The normalized spacial score (nSPS) is 15.5. The molecular formula is C26H32I3N3O12. The molecule has 1 saturated heterocycles. The highest BCUT2D eigenvalue weighted by atomic mass is 127. The Balaban J connectivity index is 2.58. The molecule has 18 heteroatoms. The number of hydrogen-bond donors (Lipinski definition) is 3. The van der Waals surface area contributed by atoms with Crippen molar-refractivity contribution in [2.24, 2.45) is 0 Å². The highest BCUT2D eigenvalue weighted by molar-refractivity contribution is 14.1. The molecule has 1 atom stereocenters. The van der Waals surface area contributed by atoms with Crippen molar-refractivity contribution in [2.75, 3.05) is 31.7 Å². The Labute approximate surface area is 294 Å². The van der Waals surface area contributed by atoms with Crippen LogP contribution in [0.5, 0.6) is 0 Å². The quantitative estimate of drug-likeness (QED) is 0.158. The van der Waals surface area contributed by atoms with E-state index in [9.17, 15) is 28.8 Å². The molecule has 0 radical (unpaired) electrons. The Morgan fingerprint density at radius 3 is 1.75 bits per heavy atom. The molecule has 0 bridgehead atoms. The number of rotatable bonds is 12. The molecule has 1 unspecified atom stereocenters. The van der Waals surface area contributed by atoms with Gasteiger partial charge in [0, 0.05) is 40.4 Å². The van der Waals surface area contributed by atoms with E-state index < -0.39 is 73.2 Å². The number of urea groups is 1. The molecule has 3 N–H and O–H groups in total. The number of amides is 3. The predicted molar refractivity (Wildman–Crippen MR) is 177 cm³/mol. The Hall–Kier alpha value is -2.05. The van der Waals surface area contributed by atoms with Gasteiger partial charge >= 0.3 is 29.9 Å². The van der Waals surface area contributed by atoms with Crippen molar-refractivity contribution in [3.63, 3.8) is 0 Å². The number of anilines is 1. The summed E-state index contributed by atoms with van der Waals surface area (Å²) in [6.45, 7) is 6.40. The predicted octanol–water partition coefficient (Wildman–Crippen LogP) is 2.95. The number of benzene rings is 1. The van der Waals surface area contributed by atoms with Gasteiger partial charge in [-0.15, -0.1) is 0 Å². The number of esters is 4. The first-order chi connectivity index (χ1) is 20.4. The van der Waals surface area contributed by atoms with E-state index in [1.807, 2.05) is 67.8 Å². The Kier molecular flexibility index (Phi) is 14.3. The maximum absolute atomic E-state index is 14.0. The van der Waals surface area contributed by atoms with Crippen LogP contribution in [0.3, 0.4) is 0 Å². The van der Waals surface area contributed by atoms with Crippen molar-refractivity contribution in [1.29, 1.82) is 0 Å². The average Bonchev–Trinajstić information content (AvgIpc) is 3.24. The fourth-order valence-corrected chi connectivity index (χ4v) is 7.87. The molecular weight excluding hydrogens is 927 g/mol. The summed E-state index contributed by atoms with van der Waals surface area (Å²) in [7, 11) is 0. The van der Waals surface area contributed by atoms with E-state index in [0.29, 0.717) is 16.3 Å². The van der Waals surface area contributed by atoms with Crippen LogP contribution < -0.4 is 16.0 Å². The Morgan fingerprint density at radius 2 is 1.32 bits per heavy atom. The maximum Gasteiger partial charge on any atom is 0.321 e. The molecule has 1 aliphatic rings. The number of nitrogens with one attached hydrogen (secondary N) is 3. The SMILES string of the molecule is CC(=O)OCc1c(I)c(NC(=O)NC2COC(C)(C)O2)c(I)c(C(=O)NC(COC(C)=O)(COC(C)=O)COC(C)=O)c1I. The first-order valence-corrected chi connectivity index (χ1v) is 16.0. The summed E-state index contributed by atoms with van der Waals surface area (Å²) >= 11 is 5.77. The molecule has 0 saturated carbocycles. The number of carbonyl (C=O) groups is 6. The van der Waals surface area contributed by atoms with Crippen LogP contribution in [-0.2, 0) is 54.2 Å². The van der Waals surface area contributed by atoms with Crippen molar-refractivity contribution >= 4 is 109 Å². The third-order valence-corrected chi connectivity index (χ3v) is 9.09. The van der Waals surface area contributed by atoms with Gasteiger partial charge in [0.05, 0.1) is 21.4 Å². The first kappa shape index (κ1) is 38.1. The van der Waals surface area contributed by atoms with Gasteiger partial charge in [-0.25, -0.2) is 4.79 Å². The molecule has 1 fully saturated rings. The third-order valence-electron chi connectivity index (χ3n) is 5.63. The molecule has 2 rings (SSSR count). The van der Waals surface area contributed by atoms with Crippen LogP contribution in [0.15, 0.2) is 0 Å². The lowest BCUT2D eigenvalue weighted by atomic mass is 10.0. The second-order valence-electron chi connectivity index (χ2n) is 9.94. The number of hydrogen-bond acceptors (Lipinski definition) is 12. The van der Waals surface area contributed by atoms with Gasteiger partial charge in [0.25, 0.3) is 5.91 Å². The van der Waals surface area contributed by atoms with E-state index in [1.54, 1.807) is 13.8 Å². The molecule has 0 aliphatic carbocycles.